The Morgan fingerprint density at radius 1 is 1.26 bits per heavy atom. The molecule has 0 unspecified atom stereocenters. The Labute approximate surface area is 110 Å². The van der Waals surface area contributed by atoms with Gasteiger partial charge in [-0.15, -0.1) is 0 Å². The highest BCUT2D eigenvalue weighted by molar-refractivity contribution is 7.91. The molecule has 1 aliphatic carbocycles. The van der Waals surface area contributed by atoms with Crippen LogP contribution in [0.25, 0.3) is 0 Å². The smallest absolute Gasteiger partial charge is 0.341 e. The molecule has 4 nitrogen and oxygen atoms in total. The number of anilines is 1. The summed E-state index contributed by atoms with van der Waals surface area (Å²) in [5.74, 6) is -3.39. The van der Waals surface area contributed by atoms with Gasteiger partial charge in [-0.3, -0.25) is 0 Å². The molecule has 2 rings (SSSR count). The highest BCUT2D eigenvalue weighted by Crippen LogP contribution is 2.29. The van der Waals surface area contributed by atoms with E-state index in [2.05, 4.69) is 5.32 Å². The van der Waals surface area contributed by atoms with Crippen molar-refractivity contribution in [3.8, 4) is 0 Å². The first-order valence-electron chi connectivity index (χ1n) is 5.98. The van der Waals surface area contributed by atoms with Crippen LogP contribution in [-0.2, 0) is 9.84 Å². The van der Waals surface area contributed by atoms with E-state index >= 15 is 0 Å². The minimum absolute atomic E-state index is 0.201. The molecule has 1 aliphatic rings. The van der Waals surface area contributed by atoms with Crippen LogP contribution in [0.4, 0.5) is 14.5 Å². The number of halogens is 2. The molecule has 1 aromatic rings. The largest absolute Gasteiger partial charge is 0.383 e. The van der Waals surface area contributed by atoms with Crippen LogP contribution < -0.4 is 11.1 Å². The van der Waals surface area contributed by atoms with Crippen molar-refractivity contribution >= 4 is 15.5 Å². The molecule has 1 fully saturated rings. The lowest BCUT2D eigenvalue weighted by Gasteiger charge is -2.38. The first kappa shape index (κ1) is 14.2. The van der Waals surface area contributed by atoms with Crippen molar-refractivity contribution in [2.24, 2.45) is 5.73 Å². The molecule has 0 aliphatic heterocycles. The third-order valence-electron chi connectivity index (χ3n) is 3.41. The van der Waals surface area contributed by atoms with Gasteiger partial charge < -0.3 is 11.1 Å². The van der Waals surface area contributed by atoms with E-state index in [9.17, 15) is 17.2 Å². The van der Waals surface area contributed by atoms with E-state index in [4.69, 9.17) is 5.73 Å². The second-order valence-corrected chi connectivity index (χ2v) is 6.82. The maximum atomic E-state index is 12.3. The number of benzene rings is 1. The lowest BCUT2D eigenvalue weighted by atomic mass is 9.78. The number of rotatable bonds is 5. The lowest BCUT2D eigenvalue weighted by Crippen LogP contribution is -2.51. The van der Waals surface area contributed by atoms with E-state index in [1.807, 2.05) is 0 Å². The first-order valence-corrected chi connectivity index (χ1v) is 7.53. The third-order valence-corrected chi connectivity index (χ3v) is 4.81. The highest BCUT2D eigenvalue weighted by Gasteiger charge is 2.32. The van der Waals surface area contributed by atoms with Crippen molar-refractivity contribution in [1.82, 2.24) is 0 Å². The van der Waals surface area contributed by atoms with Crippen LogP contribution in [0.1, 0.15) is 19.3 Å². The fourth-order valence-electron chi connectivity index (χ4n) is 1.95. The Morgan fingerprint density at radius 2 is 1.84 bits per heavy atom. The highest BCUT2D eigenvalue weighted by atomic mass is 32.2. The molecule has 0 radical (unpaired) electrons. The SMILES string of the molecule is NC1(CNc2ccc(S(=O)(=O)C(F)F)cc2)CCC1. The molecule has 1 aromatic carbocycles. The van der Waals surface area contributed by atoms with Crippen LogP contribution in [-0.4, -0.2) is 26.3 Å². The van der Waals surface area contributed by atoms with E-state index in [0.29, 0.717) is 12.2 Å². The fourth-order valence-corrected chi connectivity index (χ4v) is 2.67. The Morgan fingerprint density at radius 3 is 2.26 bits per heavy atom. The molecule has 0 spiro atoms. The molecule has 3 N–H and O–H groups in total. The van der Waals surface area contributed by atoms with Crippen molar-refractivity contribution in [3.05, 3.63) is 24.3 Å². The number of sulfone groups is 1. The van der Waals surface area contributed by atoms with E-state index < -0.39 is 15.6 Å². The van der Waals surface area contributed by atoms with E-state index in [1.165, 1.54) is 24.3 Å². The number of nitrogens with two attached hydrogens (primary N) is 1. The van der Waals surface area contributed by atoms with Gasteiger partial charge in [-0.2, -0.15) is 8.78 Å². The summed E-state index contributed by atoms with van der Waals surface area (Å²) in [7, 11) is -4.52. The lowest BCUT2D eigenvalue weighted by molar-refractivity contribution is 0.234. The molecule has 19 heavy (non-hydrogen) atoms. The van der Waals surface area contributed by atoms with Gasteiger partial charge in [0.1, 0.15) is 0 Å². The van der Waals surface area contributed by atoms with Gasteiger partial charge in [-0.1, -0.05) is 0 Å². The van der Waals surface area contributed by atoms with Gasteiger partial charge in [0.25, 0.3) is 0 Å². The number of nitrogens with one attached hydrogen (secondary N) is 1. The summed E-state index contributed by atoms with van der Waals surface area (Å²) in [5, 5.41) is 3.09. The van der Waals surface area contributed by atoms with Crippen LogP contribution in [0.15, 0.2) is 29.2 Å². The number of hydrogen-bond acceptors (Lipinski definition) is 4. The average Bonchev–Trinajstić information content (AvgIpc) is 2.34. The Bertz CT molecular complexity index is 539. The van der Waals surface area contributed by atoms with Gasteiger partial charge in [0.15, 0.2) is 0 Å². The van der Waals surface area contributed by atoms with Crippen LogP contribution >= 0.6 is 0 Å². The second-order valence-electron chi connectivity index (χ2n) is 4.90. The van der Waals surface area contributed by atoms with E-state index in [0.717, 1.165) is 19.3 Å². The Balaban J connectivity index is 2.02. The van der Waals surface area contributed by atoms with Gasteiger partial charge in [-0.25, -0.2) is 8.42 Å². The zero-order valence-corrected chi connectivity index (χ0v) is 11.1. The van der Waals surface area contributed by atoms with Crippen molar-refractivity contribution in [3.63, 3.8) is 0 Å². The predicted molar refractivity (Wildman–Crippen MR) is 68.9 cm³/mol. The zero-order valence-electron chi connectivity index (χ0n) is 10.3. The number of hydrogen-bond donors (Lipinski definition) is 2. The molecule has 0 amide bonds. The maximum Gasteiger partial charge on any atom is 0.341 e. The minimum atomic E-state index is -4.52. The Hall–Kier alpha value is -1.21. The van der Waals surface area contributed by atoms with Gasteiger partial charge in [0.2, 0.25) is 9.84 Å². The van der Waals surface area contributed by atoms with Gasteiger partial charge in [0, 0.05) is 17.8 Å². The monoisotopic (exact) mass is 290 g/mol. The maximum absolute atomic E-state index is 12.3. The first-order chi connectivity index (χ1) is 8.83. The molecule has 0 bridgehead atoms. The minimum Gasteiger partial charge on any atom is -0.383 e. The molecule has 0 atom stereocenters. The van der Waals surface area contributed by atoms with Gasteiger partial charge >= 0.3 is 5.76 Å². The normalized spacial score (nSPS) is 18.1. The summed E-state index contributed by atoms with van der Waals surface area (Å²) in [5.41, 5.74) is 6.50. The summed E-state index contributed by atoms with van der Waals surface area (Å²) in [6.45, 7) is 0.591. The summed E-state index contributed by atoms with van der Waals surface area (Å²) < 4.78 is 47.1. The molecule has 0 aromatic heterocycles. The molecule has 0 heterocycles. The standard InChI is InChI=1S/C12H16F2N2O2S/c13-11(14)19(17,18)10-4-2-9(3-5-10)16-8-12(15)6-1-7-12/h2-5,11,16H,1,6-8,15H2. The average molecular weight is 290 g/mol. The predicted octanol–water partition coefficient (Wildman–Crippen LogP) is 1.98. The summed E-state index contributed by atoms with van der Waals surface area (Å²) >= 11 is 0. The molecule has 1 saturated carbocycles. The van der Waals surface area contributed by atoms with Gasteiger partial charge in [-0.05, 0) is 43.5 Å². The van der Waals surface area contributed by atoms with Gasteiger partial charge in [0.05, 0.1) is 4.90 Å². The summed E-state index contributed by atoms with van der Waals surface area (Å²) in [4.78, 5) is -0.376. The number of alkyl halides is 2. The van der Waals surface area contributed by atoms with Crippen LogP contribution in [0.2, 0.25) is 0 Å². The van der Waals surface area contributed by atoms with E-state index in [-0.39, 0.29) is 10.4 Å². The quantitative estimate of drug-likeness (QED) is 0.869. The van der Waals surface area contributed by atoms with Crippen LogP contribution in [0.3, 0.4) is 0 Å². The topological polar surface area (TPSA) is 72.2 Å². The Kier molecular flexibility index (Phi) is 3.78. The fraction of sp³-hybridized carbons (Fsp3) is 0.500. The molecule has 106 valence electrons. The second kappa shape index (κ2) is 5.05. The molecular weight excluding hydrogens is 274 g/mol. The van der Waals surface area contributed by atoms with Crippen molar-refractivity contribution in [2.75, 3.05) is 11.9 Å². The molecular formula is C12H16F2N2O2S. The zero-order chi connectivity index (χ0) is 14.1. The van der Waals surface area contributed by atoms with Crippen molar-refractivity contribution in [2.45, 2.75) is 35.5 Å². The van der Waals surface area contributed by atoms with Crippen LogP contribution in [0, 0.1) is 0 Å². The summed E-state index contributed by atoms with van der Waals surface area (Å²) in [6, 6.07) is 5.29. The third kappa shape index (κ3) is 3.03. The van der Waals surface area contributed by atoms with Crippen LogP contribution in [0.5, 0.6) is 0 Å². The van der Waals surface area contributed by atoms with Crippen molar-refractivity contribution < 1.29 is 17.2 Å². The molecule has 7 heteroatoms. The van der Waals surface area contributed by atoms with Crippen molar-refractivity contribution in [1.29, 1.82) is 0 Å². The summed E-state index contributed by atoms with van der Waals surface area (Å²) in [6.07, 6.45) is 3.03. The van der Waals surface area contributed by atoms with E-state index in [1.54, 1.807) is 0 Å². The molecule has 0 saturated heterocycles.